The predicted octanol–water partition coefficient (Wildman–Crippen LogP) is 5.64. The smallest absolute Gasteiger partial charge is 0.198 e. The molecule has 5 rings (SSSR count). The van der Waals surface area contributed by atoms with Crippen LogP contribution in [0.3, 0.4) is 0 Å². The van der Waals surface area contributed by atoms with E-state index in [-0.39, 0.29) is 0 Å². The van der Waals surface area contributed by atoms with Crippen LogP contribution in [0.2, 0.25) is 0 Å². The molecule has 0 saturated carbocycles. The van der Waals surface area contributed by atoms with Crippen molar-refractivity contribution in [2.45, 2.75) is 13.3 Å². The molecule has 0 aliphatic rings. The average Bonchev–Trinajstić information content (AvgIpc) is 3.23. The van der Waals surface area contributed by atoms with Crippen LogP contribution in [0.1, 0.15) is 17.1 Å². The molecular formula is C26H21N5S. The number of hydrogen-bond acceptors (Lipinski definition) is 4. The van der Waals surface area contributed by atoms with Crippen LogP contribution in [-0.2, 0) is 6.42 Å². The highest BCUT2D eigenvalue weighted by Gasteiger charge is 2.17. The maximum absolute atomic E-state index is 5.67. The zero-order chi connectivity index (χ0) is 21.9. The molecule has 0 radical (unpaired) electrons. The lowest BCUT2D eigenvalue weighted by molar-refractivity contribution is 0.888. The van der Waals surface area contributed by atoms with Crippen molar-refractivity contribution in [2.24, 2.45) is 0 Å². The SMILES string of the molecule is Cc1cccc(Cc2nn(C(=S)Nc3ccccc3)cc2-c2ccnc3ccccc23)n1. The topological polar surface area (TPSA) is 55.6 Å². The summed E-state index contributed by atoms with van der Waals surface area (Å²) in [5.74, 6) is 0. The van der Waals surface area contributed by atoms with Gasteiger partial charge in [-0.3, -0.25) is 9.97 Å². The molecule has 0 saturated heterocycles. The molecule has 0 bridgehead atoms. The van der Waals surface area contributed by atoms with Crippen LogP contribution < -0.4 is 5.32 Å². The van der Waals surface area contributed by atoms with Crippen molar-refractivity contribution in [2.75, 3.05) is 5.32 Å². The predicted molar refractivity (Wildman–Crippen MR) is 133 cm³/mol. The summed E-state index contributed by atoms with van der Waals surface area (Å²) in [6, 6.07) is 26.1. The third-order valence-corrected chi connectivity index (χ3v) is 5.55. The van der Waals surface area contributed by atoms with Crippen LogP contribution in [0, 0.1) is 6.92 Å². The molecule has 0 amide bonds. The van der Waals surface area contributed by atoms with Gasteiger partial charge in [0.1, 0.15) is 0 Å². The molecule has 6 heteroatoms. The summed E-state index contributed by atoms with van der Waals surface area (Å²) in [5.41, 5.74) is 6.83. The number of para-hydroxylation sites is 2. The number of thiocarbonyl (C=S) groups is 1. The number of pyridine rings is 2. The fraction of sp³-hybridized carbons (Fsp3) is 0.0769. The summed E-state index contributed by atoms with van der Waals surface area (Å²) >= 11 is 5.67. The summed E-state index contributed by atoms with van der Waals surface area (Å²) in [4.78, 5) is 9.19. The minimum Gasteiger partial charge on any atom is -0.331 e. The highest BCUT2D eigenvalue weighted by molar-refractivity contribution is 7.80. The molecule has 156 valence electrons. The van der Waals surface area contributed by atoms with Gasteiger partial charge < -0.3 is 5.32 Å². The summed E-state index contributed by atoms with van der Waals surface area (Å²) in [7, 11) is 0. The molecule has 32 heavy (non-hydrogen) atoms. The fourth-order valence-corrected chi connectivity index (χ4v) is 3.98. The average molecular weight is 436 g/mol. The Bertz CT molecular complexity index is 1400. The van der Waals surface area contributed by atoms with E-state index >= 15 is 0 Å². The lowest BCUT2D eigenvalue weighted by atomic mass is 10.00. The molecule has 5 nitrogen and oxygen atoms in total. The molecule has 0 fully saturated rings. The number of benzene rings is 2. The van der Waals surface area contributed by atoms with Crippen molar-refractivity contribution >= 4 is 33.9 Å². The first-order chi connectivity index (χ1) is 15.7. The number of aryl methyl sites for hydroxylation is 1. The fourth-order valence-electron chi connectivity index (χ4n) is 3.77. The molecular weight excluding hydrogens is 414 g/mol. The Balaban J connectivity index is 1.59. The van der Waals surface area contributed by atoms with E-state index < -0.39 is 0 Å². The van der Waals surface area contributed by atoms with Crippen LogP contribution in [0.5, 0.6) is 0 Å². The van der Waals surface area contributed by atoms with Gasteiger partial charge in [-0.1, -0.05) is 42.5 Å². The standard InChI is InChI=1S/C26H21N5S/c1-18-8-7-11-20(28-18)16-25-23(21-14-15-27-24-13-6-5-12-22(21)24)17-31(30-25)26(32)29-19-9-3-2-4-10-19/h2-15,17H,16H2,1H3,(H,29,32). The van der Waals surface area contributed by atoms with E-state index in [0.717, 1.165) is 44.8 Å². The van der Waals surface area contributed by atoms with E-state index in [9.17, 15) is 0 Å². The van der Waals surface area contributed by atoms with E-state index in [0.29, 0.717) is 11.5 Å². The lowest BCUT2D eigenvalue weighted by Gasteiger charge is -2.07. The van der Waals surface area contributed by atoms with Gasteiger partial charge in [-0.15, -0.1) is 0 Å². The van der Waals surface area contributed by atoms with Crippen molar-refractivity contribution in [3.8, 4) is 11.1 Å². The first-order valence-corrected chi connectivity index (χ1v) is 10.8. The van der Waals surface area contributed by atoms with Gasteiger partial charge in [-0.05, 0) is 61.1 Å². The van der Waals surface area contributed by atoms with Crippen LogP contribution in [0.15, 0.2) is 91.3 Å². The number of aromatic nitrogens is 4. The van der Waals surface area contributed by atoms with Crippen molar-refractivity contribution in [1.29, 1.82) is 0 Å². The molecule has 3 heterocycles. The Morgan fingerprint density at radius 2 is 1.72 bits per heavy atom. The number of anilines is 1. The highest BCUT2D eigenvalue weighted by atomic mass is 32.1. The van der Waals surface area contributed by atoms with Crippen LogP contribution in [0.25, 0.3) is 22.0 Å². The number of nitrogens with zero attached hydrogens (tertiary/aromatic N) is 4. The molecule has 2 aromatic carbocycles. The Hall–Kier alpha value is -3.90. The van der Waals surface area contributed by atoms with Gasteiger partial charge in [0.05, 0.1) is 11.2 Å². The normalized spacial score (nSPS) is 10.9. The molecule has 1 N–H and O–H groups in total. The van der Waals surface area contributed by atoms with Gasteiger partial charge in [0.2, 0.25) is 0 Å². The molecule has 0 aliphatic carbocycles. The van der Waals surface area contributed by atoms with Crippen molar-refractivity contribution in [3.05, 3.63) is 108 Å². The third-order valence-electron chi connectivity index (χ3n) is 5.26. The van der Waals surface area contributed by atoms with Gasteiger partial charge in [0.25, 0.3) is 0 Å². The molecule has 5 aromatic rings. The van der Waals surface area contributed by atoms with E-state index in [1.807, 2.05) is 92.1 Å². The number of fused-ring (bicyclic) bond motifs is 1. The van der Waals surface area contributed by atoms with Crippen molar-refractivity contribution in [3.63, 3.8) is 0 Å². The monoisotopic (exact) mass is 435 g/mol. The van der Waals surface area contributed by atoms with Gasteiger partial charge in [-0.2, -0.15) is 5.10 Å². The Kier molecular flexibility index (Phi) is 5.44. The second-order valence-corrected chi connectivity index (χ2v) is 7.94. The van der Waals surface area contributed by atoms with Crippen LogP contribution in [-0.4, -0.2) is 24.9 Å². The van der Waals surface area contributed by atoms with Gasteiger partial charge in [0, 0.05) is 46.8 Å². The third kappa shape index (κ3) is 4.13. The molecule has 0 spiro atoms. The zero-order valence-corrected chi connectivity index (χ0v) is 18.4. The second-order valence-electron chi connectivity index (χ2n) is 7.55. The Morgan fingerprint density at radius 3 is 2.56 bits per heavy atom. The van der Waals surface area contributed by atoms with Crippen LogP contribution in [0.4, 0.5) is 5.69 Å². The van der Waals surface area contributed by atoms with E-state index in [1.165, 1.54) is 0 Å². The van der Waals surface area contributed by atoms with Crippen molar-refractivity contribution in [1.82, 2.24) is 19.7 Å². The van der Waals surface area contributed by atoms with E-state index in [2.05, 4.69) is 21.4 Å². The van der Waals surface area contributed by atoms with Crippen LogP contribution >= 0.6 is 12.2 Å². The molecule has 3 aromatic heterocycles. The molecule has 0 unspecified atom stereocenters. The van der Waals surface area contributed by atoms with E-state index in [4.69, 9.17) is 17.3 Å². The number of hydrogen-bond donors (Lipinski definition) is 1. The quantitative estimate of drug-likeness (QED) is 0.370. The minimum atomic E-state index is 0.513. The summed E-state index contributed by atoms with van der Waals surface area (Å²) in [5, 5.41) is 9.72. The zero-order valence-electron chi connectivity index (χ0n) is 17.6. The van der Waals surface area contributed by atoms with Gasteiger partial charge in [0.15, 0.2) is 5.11 Å². The minimum absolute atomic E-state index is 0.513. The highest BCUT2D eigenvalue weighted by Crippen LogP contribution is 2.30. The largest absolute Gasteiger partial charge is 0.331 e. The van der Waals surface area contributed by atoms with Crippen molar-refractivity contribution < 1.29 is 0 Å². The Morgan fingerprint density at radius 1 is 0.906 bits per heavy atom. The van der Waals surface area contributed by atoms with Gasteiger partial charge >= 0.3 is 0 Å². The first-order valence-electron chi connectivity index (χ1n) is 10.4. The number of nitrogens with one attached hydrogen (secondary N) is 1. The van der Waals surface area contributed by atoms with Gasteiger partial charge in [-0.25, -0.2) is 4.68 Å². The molecule has 0 aliphatic heterocycles. The maximum atomic E-state index is 5.67. The first kappa shape index (κ1) is 20.0. The lowest BCUT2D eigenvalue weighted by Crippen LogP contribution is -2.19. The summed E-state index contributed by atoms with van der Waals surface area (Å²) < 4.78 is 1.73. The molecule has 0 atom stereocenters. The maximum Gasteiger partial charge on any atom is 0.198 e. The summed E-state index contributed by atoms with van der Waals surface area (Å²) in [6.45, 7) is 2.00. The van der Waals surface area contributed by atoms with E-state index in [1.54, 1.807) is 4.68 Å². The second kappa shape index (κ2) is 8.69. The summed E-state index contributed by atoms with van der Waals surface area (Å²) in [6.07, 6.45) is 4.43. The number of rotatable bonds is 4. The Labute approximate surface area is 191 Å².